The van der Waals surface area contributed by atoms with Gasteiger partial charge in [-0.05, 0) is 88.5 Å². The molecule has 11 nitrogen and oxygen atoms in total. The molecule has 0 saturated heterocycles. The summed E-state index contributed by atoms with van der Waals surface area (Å²) in [5.41, 5.74) is -0.868. The van der Waals surface area contributed by atoms with Gasteiger partial charge in [0.05, 0.1) is 17.3 Å². The Morgan fingerprint density at radius 3 is 2.23 bits per heavy atom. The number of nitrogens with zero attached hydrogens (tertiary/aromatic N) is 3. The van der Waals surface area contributed by atoms with Crippen molar-refractivity contribution in [2.24, 2.45) is 7.05 Å². The van der Waals surface area contributed by atoms with E-state index in [2.05, 4.69) is 20.3 Å². The maximum Gasteiger partial charge on any atom is 0.336 e. The van der Waals surface area contributed by atoms with Crippen molar-refractivity contribution in [1.82, 2.24) is 24.8 Å². The van der Waals surface area contributed by atoms with Crippen LogP contribution in [-0.2, 0) is 18.3 Å². The summed E-state index contributed by atoms with van der Waals surface area (Å²) in [5.74, 6) is -3.07. The molecule has 2 amide bonds. The Labute approximate surface area is 280 Å². The van der Waals surface area contributed by atoms with E-state index in [1.165, 1.54) is 24.7 Å². The van der Waals surface area contributed by atoms with Gasteiger partial charge in [-0.25, -0.2) is 23.1 Å². The molecule has 0 unspecified atom stereocenters. The Hall–Kier alpha value is -5.05. The summed E-state index contributed by atoms with van der Waals surface area (Å²) in [4.78, 5) is 68.0. The van der Waals surface area contributed by atoms with Crippen molar-refractivity contribution in [3.05, 3.63) is 115 Å². The second-order valence-electron chi connectivity index (χ2n) is 12.3. The smallest absolute Gasteiger partial charge is 0.336 e. The van der Waals surface area contributed by atoms with Crippen LogP contribution in [0.15, 0.2) is 69.2 Å². The first kappa shape index (κ1) is 35.8. The Bertz CT molecular complexity index is 1970. The lowest BCUT2D eigenvalue weighted by molar-refractivity contribution is -0.113. The minimum absolute atomic E-state index is 0.0365. The van der Waals surface area contributed by atoms with Crippen molar-refractivity contribution in [3.63, 3.8) is 0 Å². The van der Waals surface area contributed by atoms with Gasteiger partial charge in [-0.3, -0.25) is 14.4 Å². The van der Waals surface area contributed by atoms with Crippen LogP contribution in [0.4, 0.5) is 14.5 Å². The zero-order valence-corrected chi connectivity index (χ0v) is 28.3. The number of carbonyl (C=O) groups is 3. The average Bonchev–Trinajstić information content (AvgIpc) is 3.02. The molecule has 2 aromatic heterocycles. The average molecular weight is 677 g/mol. The van der Waals surface area contributed by atoms with Gasteiger partial charge in [-0.1, -0.05) is 6.07 Å². The van der Waals surface area contributed by atoms with Crippen LogP contribution >= 0.6 is 11.9 Å². The molecule has 0 aliphatic rings. The van der Waals surface area contributed by atoms with Crippen molar-refractivity contribution in [2.75, 3.05) is 4.72 Å². The van der Waals surface area contributed by atoms with E-state index >= 15 is 4.39 Å². The van der Waals surface area contributed by atoms with Gasteiger partial charge < -0.3 is 24.7 Å². The molecule has 15 heteroatoms. The molecule has 0 spiro atoms. The fourth-order valence-electron chi connectivity index (χ4n) is 4.59. The largest absolute Gasteiger partial charge is 0.347 e. The van der Waals surface area contributed by atoms with Gasteiger partial charge in [0, 0.05) is 53.0 Å². The Kier molecular flexibility index (Phi) is 10.7. The lowest BCUT2D eigenvalue weighted by atomic mass is 9.90. The molecule has 4 rings (SSSR count). The maximum atomic E-state index is 15.0. The topological polar surface area (TPSA) is 144 Å². The highest BCUT2D eigenvalue weighted by atomic mass is 32.2. The molecule has 2 heterocycles. The van der Waals surface area contributed by atoms with Gasteiger partial charge in [0.2, 0.25) is 0 Å². The fraction of sp³-hybridized carbons (Fsp3) is 0.273. The van der Waals surface area contributed by atoms with E-state index in [1.807, 2.05) is 20.8 Å². The first-order valence-electron chi connectivity index (χ1n) is 14.9. The number of amides is 2. The van der Waals surface area contributed by atoms with Crippen molar-refractivity contribution in [3.8, 4) is 5.82 Å². The van der Waals surface area contributed by atoms with Crippen molar-refractivity contribution < 1.29 is 23.2 Å². The Balaban J connectivity index is 1.43. The molecule has 3 N–H and O–H groups in total. The van der Waals surface area contributed by atoms with Gasteiger partial charge in [0.25, 0.3) is 17.4 Å². The highest BCUT2D eigenvalue weighted by Gasteiger charge is 2.23. The predicted molar refractivity (Wildman–Crippen MR) is 183 cm³/mol. The van der Waals surface area contributed by atoms with Crippen LogP contribution in [0.2, 0.25) is 0 Å². The predicted octanol–water partition coefficient (Wildman–Crippen LogP) is 2.97. The van der Waals surface area contributed by atoms with E-state index in [4.69, 9.17) is 0 Å². The number of halogens is 2. The quantitative estimate of drug-likeness (QED) is 0.172. The minimum atomic E-state index is -1.10. The number of aromatic nitrogens is 3. The second-order valence-corrected chi connectivity index (χ2v) is 13.2. The summed E-state index contributed by atoms with van der Waals surface area (Å²) in [6, 6.07) is 10.0. The Morgan fingerprint density at radius 2 is 1.65 bits per heavy atom. The standard InChI is InChI=1S/C33H35BF2N6O5S/c1-17-18(2)41(6)32(47)42(31(17)46)27-12-7-19(16-37-27)13-26(28(34)43)38-30(45)22-14-24(36)25(15-23(22)35)40-48-21-10-8-20(9-11-21)29(44)39-33(3,4)5/h7-12,14-16,26,40H,13,34H2,1-6H3,(H,38,45)(H,39,44)/t26-/m0/s1. The van der Waals surface area contributed by atoms with Gasteiger partial charge in [-0.2, -0.15) is 0 Å². The van der Waals surface area contributed by atoms with Gasteiger partial charge in [0.1, 0.15) is 23.1 Å². The molecule has 1 atom stereocenters. The fourth-order valence-corrected chi connectivity index (χ4v) is 5.25. The second kappa shape index (κ2) is 14.4. The van der Waals surface area contributed by atoms with Gasteiger partial charge in [0.15, 0.2) is 7.85 Å². The molecule has 250 valence electrons. The summed E-state index contributed by atoms with van der Waals surface area (Å²) >= 11 is 0.986. The molecule has 0 fully saturated rings. The van der Waals surface area contributed by atoms with Crippen LogP contribution in [0.1, 0.15) is 58.3 Å². The highest BCUT2D eigenvalue weighted by Crippen LogP contribution is 2.26. The third-order valence-electron chi connectivity index (χ3n) is 7.51. The SMILES string of the molecule is BC(=O)[C@H](Cc1ccc(-n2c(=O)c(C)c(C)n(C)c2=O)nc1)NC(=O)c1cc(F)c(NSc2ccc(C(=O)NC(C)(C)C)cc2)cc1F. The maximum absolute atomic E-state index is 15.0. The van der Waals surface area contributed by atoms with Gasteiger partial charge in [-0.15, -0.1) is 0 Å². The molecule has 2 aromatic carbocycles. The number of hydrogen-bond acceptors (Lipinski definition) is 8. The summed E-state index contributed by atoms with van der Waals surface area (Å²) in [7, 11) is 2.79. The van der Waals surface area contributed by atoms with E-state index in [1.54, 1.807) is 51.2 Å². The van der Waals surface area contributed by atoms with E-state index < -0.39 is 51.6 Å². The summed E-state index contributed by atoms with van der Waals surface area (Å²) in [6.45, 7) is 8.88. The number of hydrogen-bond donors (Lipinski definition) is 3. The number of pyridine rings is 1. The molecule has 0 saturated carbocycles. The minimum Gasteiger partial charge on any atom is -0.347 e. The molecular formula is C33H35BF2N6O5S. The molecule has 0 bridgehead atoms. The van der Waals surface area contributed by atoms with E-state index in [0.29, 0.717) is 27.3 Å². The van der Waals surface area contributed by atoms with Crippen LogP contribution < -0.4 is 26.6 Å². The van der Waals surface area contributed by atoms with Crippen LogP contribution in [0.3, 0.4) is 0 Å². The summed E-state index contributed by atoms with van der Waals surface area (Å²) in [6.07, 6.45) is 1.33. The summed E-state index contributed by atoms with van der Waals surface area (Å²) < 4.78 is 35.0. The third kappa shape index (κ3) is 8.26. The number of nitrogens with one attached hydrogen (secondary N) is 3. The van der Waals surface area contributed by atoms with Crippen LogP contribution in [0.25, 0.3) is 5.82 Å². The zero-order valence-electron chi connectivity index (χ0n) is 27.5. The van der Waals surface area contributed by atoms with Crippen molar-refractivity contribution in [2.45, 2.75) is 57.5 Å². The molecule has 4 aromatic rings. The number of rotatable bonds is 10. The highest BCUT2D eigenvalue weighted by molar-refractivity contribution is 8.00. The molecule has 0 aliphatic carbocycles. The summed E-state index contributed by atoms with van der Waals surface area (Å²) in [5, 5.41) is 5.31. The van der Waals surface area contributed by atoms with Crippen molar-refractivity contribution >= 4 is 43.0 Å². The Morgan fingerprint density at radius 1 is 0.979 bits per heavy atom. The van der Waals surface area contributed by atoms with Crippen LogP contribution in [0, 0.1) is 25.5 Å². The van der Waals surface area contributed by atoms with Crippen LogP contribution in [0.5, 0.6) is 0 Å². The zero-order chi connectivity index (χ0) is 35.5. The normalized spacial score (nSPS) is 11.9. The lowest BCUT2D eigenvalue weighted by Crippen LogP contribution is -2.43. The first-order chi connectivity index (χ1) is 22.5. The number of anilines is 1. The van der Waals surface area contributed by atoms with Crippen LogP contribution in [-0.4, -0.2) is 51.0 Å². The van der Waals surface area contributed by atoms with E-state index in [9.17, 15) is 28.4 Å². The number of benzene rings is 2. The van der Waals surface area contributed by atoms with Gasteiger partial charge >= 0.3 is 5.69 Å². The lowest BCUT2D eigenvalue weighted by Gasteiger charge is -2.20. The monoisotopic (exact) mass is 676 g/mol. The molecule has 48 heavy (non-hydrogen) atoms. The molecule has 0 aliphatic heterocycles. The first-order valence-corrected chi connectivity index (χ1v) is 15.7. The van der Waals surface area contributed by atoms with Crippen molar-refractivity contribution in [1.29, 1.82) is 0 Å². The number of carbonyl (C=O) groups excluding carboxylic acids is 3. The molecule has 0 radical (unpaired) electrons. The van der Waals surface area contributed by atoms with E-state index in [-0.39, 0.29) is 23.8 Å². The third-order valence-corrected chi connectivity index (χ3v) is 8.34. The van der Waals surface area contributed by atoms with E-state index in [0.717, 1.165) is 28.6 Å². The molecular weight excluding hydrogens is 641 g/mol.